The third-order valence-corrected chi connectivity index (χ3v) is 5.32. The zero-order valence-electron chi connectivity index (χ0n) is 12.7. The second kappa shape index (κ2) is 6.82. The topological polar surface area (TPSA) is 34.4 Å². The number of nitrogens with zero attached hydrogens (tertiary/aromatic N) is 2. The van der Waals surface area contributed by atoms with Crippen LogP contribution in [0.1, 0.15) is 15.9 Å². The van der Waals surface area contributed by atoms with Crippen molar-refractivity contribution in [1.82, 2.24) is 4.57 Å². The lowest BCUT2D eigenvalue weighted by Gasteiger charge is -2.03. The van der Waals surface area contributed by atoms with Crippen LogP contribution in [0.25, 0.3) is 10.2 Å². The van der Waals surface area contributed by atoms with Gasteiger partial charge in [0.05, 0.1) is 26.8 Å². The van der Waals surface area contributed by atoms with Crippen LogP contribution in [-0.2, 0) is 6.54 Å². The molecule has 0 aliphatic rings. The first-order valence-corrected chi connectivity index (χ1v) is 8.65. The maximum atomic E-state index is 12.4. The summed E-state index contributed by atoms with van der Waals surface area (Å²) in [7, 11) is 0. The monoisotopic (exact) mass is 374 g/mol. The Morgan fingerprint density at radius 1 is 1.25 bits per heavy atom. The van der Waals surface area contributed by atoms with Crippen molar-refractivity contribution in [1.29, 1.82) is 0 Å². The molecule has 0 N–H and O–H groups in total. The first-order valence-electron chi connectivity index (χ1n) is 7.08. The van der Waals surface area contributed by atoms with Crippen LogP contribution >= 0.6 is 34.5 Å². The minimum atomic E-state index is -0.324. The number of carbonyl (C=O) groups is 1. The first-order chi connectivity index (χ1) is 11.5. The van der Waals surface area contributed by atoms with Crippen molar-refractivity contribution in [3.8, 4) is 12.3 Å². The molecule has 0 radical (unpaired) electrons. The molecule has 1 aromatic heterocycles. The molecule has 0 unspecified atom stereocenters. The van der Waals surface area contributed by atoms with E-state index in [4.69, 9.17) is 29.6 Å². The van der Waals surface area contributed by atoms with Crippen LogP contribution in [0, 0.1) is 19.3 Å². The fourth-order valence-corrected chi connectivity index (χ4v) is 3.79. The average molecular weight is 375 g/mol. The molecule has 120 valence electrons. The number of aromatic nitrogens is 1. The Hall–Kier alpha value is -2.06. The van der Waals surface area contributed by atoms with Gasteiger partial charge in [0, 0.05) is 5.56 Å². The van der Waals surface area contributed by atoms with E-state index in [-0.39, 0.29) is 12.5 Å². The van der Waals surface area contributed by atoms with Gasteiger partial charge in [0.15, 0.2) is 4.80 Å². The number of carbonyl (C=O) groups excluding carboxylic acids is 1. The number of rotatable bonds is 2. The van der Waals surface area contributed by atoms with Crippen LogP contribution in [0.15, 0.2) is 41.4 Å². The normalized spacial score (nSPS) is 11.7. The van der Waals surface area contributed by atoms with E-state index < -0.39 is 0 Å². The van der Waals surface area contributed by atoms with Crippen molar-refractivity contribution >= 4 is 50.7 Å². The van der Waals surface area contributed by atoms with Gasteiger partial charge in [-0.2, -0.15) is 4.99 Å². The number of amides is 1. The summed E-state index contributed by atoms with van der Waals surface area (Å²) in [6.45, 7) is 2.21. The van der Waals surface area contributed by atoms with Crippen LogP contribution in [0.4, 0.5) is 0 Å². The highest BCUT2D eigenvalue weighted by Crippen LogP contribution is 2.32. The smallest absolute Gasteiger partial charge is 0.279 e. The molecule has 6 heteroatoms. The molecular weight excluding hydrogens is 363 g/mol. The molecule has 3 aromatic rings. The molecule has 3 rings (SSSR count). The first kappa shape index (κ1) is 16.8. The van der Waals surface area contributed by atoms with E-state index in [9.17, 15) is 4.79 Å². The van der Waals surface area contributed by atoms with E-state index in [1.165, 1.54) is 11.3 Å². The van der Waals surface area contributed by atoms with Gasteiger partial charge in [0.1, 0.15) is 0 Å². The Bertz CT molecular complexity index is 1040. The van der Waals surface area contributed by atoms with Crippen LogP contribution in [0.5, 0.6) is 0 Å². The molecule has 3 nitrogen and oxygen atoms in total. The maximum absolute atomic E-state index is 12.4. The van der Waals surface area contributed by atoms with Crippen molar-refractivity contribution in [3.63, 3.8) is 0 Å². The van der Waals surface area contributed by atoms with E-state index in [0.29, 0.717) is 25.9 Å². The van der Waals surface area contributed by atoms with E-state index >= 15 is 0 Å². The SMILES string of the molecule is C#CCn1c(=NC(=O)c2ccc(C)cc2)sc2ccc(Cl)c(Cl)c21. The molecule has 0 spiro atoms. The average Bonchev–Trinajstić information content (AvgIpc) is 2.90. The molecule has 0 aliphatic carbocycles. The number of thiazole rings is 1. The van der Waals surface area contributed by atoms with Crippen molar-refractivity contribution in [2.45, 2.75) is 13.5 Å². The Kier molecular flexibility index (Phi) is 4.77. The Balaban J connectivity index is 2.20. The number of terminal acetylenes is 1. The molecule has 0 atom stereocenters. The number of halogens is 2. The number of fused-ring (bicyclic) bond motifs is 1. The van der Waals surface area contributed by atoms with Crippen molar-refractivity contribution in [2.24, 2.45) is 4.99 Å². The molecule has 0 bridgehead atoms. The summed E-state index contributed by atoms with van der Waals surface area (Å²) in [5.41, 5.74) is 2.30. The Morgan fingerprint density at radius 2 is 1.96 bits per heavy atom. The van der Waals surface area contributed by atoms with Gasteiger partial charge >= 0.3 is 0 Å². The molecule has 1 heterocycles. The molecule has 0 saturated heterocycles. The fraction of sp³-hybridized carbons (Fsp3) is 0.111. The van der Waals surface area contributed by atoms with Gasteiger partial charge in [-0.3, -0.25) is 4.79 Å². The number of hydrogen-bond acceptors (Lipinski definition) is 2. The van der Waals surface area contributed by atoms with E-state index in [1.807, 2.05) is 25.1 Å². The molecule has 24 heavy (non-hydrogen) atoms. The maximum Gasteiger partial charge on any atom is 0.279 e. The predicted molar refractivity (Wildman–Crippen MR) is 99.7 cm³/mol. The van der Waals surface area contributed by atoms with Gasteiger partial charge in [-0.25, -0.2) is 0 Å². The fourth-order valence-electron chi connectivity index (χ4n) is 2.27. The lowest BCUT2D eigenvalue weighted by molar-refractivity contribution is 0.0998. The summed E-state index contributed by atoms with van der Waals surface area (Å²) in [6.07, 6.45) is 5.46. The molecule has 0 fully saturated rings. The lowest BCUT2D eigenvalue weighted by atomic mass is 10.1. The van der Waals surface area contributed by atoms with Crippen LogP contribution in [0.2, 0.25) is 10.0 Å². The van der Waals surface area contributed by atoms with Gasteiger partial charge in [0.2, 0.25) is 0 Å². The lowest BCUT2D eigenvalue weighted by Crippen LogP contribution is -2.16. The van der Waals surface area contributed by atoms with E-state index in [1.54, 1.807) is 22.8 Å². The zero-order chi connectivity index (χ0) is 17.3. The van der Waals surface area contributed by atoms with Gasteiger partial charge in [-0.05, 0) is 31.2 Å². The quantitative estimate of drug-likeness (QED) is 0.599. The highest BCUT2D eigenvalue weighted by molar-refractivity contribution is 7.16. The van der Waals surface area contributed by atoms with Crippen molar-refractivity contribution in [2.75, 3.05) is 0 Å². The zero-order valence-corrected chi connectivity index (χ0v) is 15.0. The summed E-state index contributed by atoms with van der Waals surface area (Å²) in [6, 6.07) is 10.8. The second-order valence-corrected chi connectivity index (χ2v) is 6.96. The summed E-state index contributed by atoms with van der Waals surface area (Å²) in [5, 5.41) is 0.842. The van der Waals surface area contributed by atoms with Crippen LogP contribution < -0.4 is 4.80 Å². The minimum absolute atomic E-state index is 0.250. The highest BCUT2D eigenvalue weighted by atomic mass is 35.5. The van der Waals surface area contributed by atoms with Gasteiger partial charge < -0.3 is 4.57 Å². The number of benzene rings is 2. The number of aryl methyl sites for hydroxylation is 1. The Morgan fingerprint density at radius 3 is 2.62 bits per heavy atom. The van der Waals surface area contributed by atoms with Gasteiger partial charge in [0.25, 0.3) is 5.91 Å². The molecule has 0 saturated carbocycles. The summed E-state index contributed by atoms with van der Waals surface area (Å²) < 4.78 is 2.61. The molecule has 1 amide bonds. The van der Waals surface area contributed by atoms with Gasteiger partial charge in [-0.1, -0.05) is 58.2 Å². The third-order valence-electron chi connectivity index (χ3n) is 3.48. The molecular formula is C18H12Cl2N2OS. The van der Waals surface area contributed by atoms with Crippen molar-refractivity contribution < 1.29 is 4.79 Å². The largest absolute Gasteiger partial charge is 0.303 e. The summed E-state index contributed by atoms with van der Waals surface area (Å²) in [4.78, 5) is 17.2. The van der Waals surface area contributed by atoms with Gasteiger partial charge in [-0.15, -0.1) is 6.42 Å². The van der Waals surface area contributed by atoms with E-state index in [2.05, 4.69) is 10.9 Å². The summed E-state index contributed by atoms with van der Waals surface area (Å²) in [5.74, 6) is 2.24. The van der Waals surface area contributed by atoms with E-state index in [0.717, 1.165) is 10.3 Å². The standard InChI is InChI=1S/C18H12Cl2N2OS/c1-3-10-22-16-14(9-8-13(19)15(16)20)24-18(22)21-17(23)12-6-4-11(2)5-7-12/h1,4-9H,10H2,2H3. The highest BCUT2D eigenvalue weighted by Gasteiger charge is 2.13. The number of hydrogen-bond donors (Lipinski definition) is 0. The van der Waals surface area contributed by atoms with Crippen LogP contribution in [-0.4, -0.2) is 10.5 Å². The second-order valence-electron chi connectivity index (χ2n) is 5.17. The third kappa shape index (κ3) is 3.11. The summed E-state index contributed by atoms with van der Waals surface area (Å²) >= 11 is 13.8. The van der Waals surface area contributed by atoms with Crippen molar-refractivity contribution in [3.05, 3.63) is 62.4 Å². The predicted octanol–water partition coefficient (Wildman–Crippen LogP) is 4.69. The molecule has 2 aromatic carbocycles. The molecule has 0 aliphatic heterocycles. The Labute approximate surface area is 153 Å². The minimum Gasteiger partial charge on any atom is -0.303 e. The van der Waals surface area contributed by atoms with Crippen LogP contribution in [0.3, 0.4) is 0 Å².